The minimum absolute atomic E-state index is 0.154. The summed E-state index contributed by atoms with van der Waals surface area (Å²) in [5, 5.41) is 7.59. The maximum atomic E-state index is 12.2. The van der Waals surface area contributed by atoms with Crippen LogP contribution in [0.1, 0.15) is 10.7 Å². The molecule has 1 aliphatic heterocycles. The minimum atomic E-state index is -3.54. The number of carbonyl (C=O) groups excluding carboxylic acids is 1. The molecule has 3 rings (SSSR count). The summed E-state index contributed by atoms with van der Waals surface area (Å²) in [7, 11) is -1.97. The molecule has 24 heavy (non-hydrogen) atoms. The lowest BCUT2D eigenvalue weighted by molar-refractivity contribution is 0.0177. The predicted octanol–water partition coefficient (Wildman–Crippen LogP) is 0.546. The predicted molar refractivity (Wildman–Crippen MR) is 81.9 cm³/mol. The van der Waals surface area contributed by atoms with Crippen LogP contribution in [-0.2, 0) is 14.3 Å². The first-order valence-corrected chi connectivity index (χ1v) is 8.83. The molecule has 10 heteroatoms. The quantitative estimate of drug-likeness (QED) is 0.716. The molecule has 0 saturated carbocycles. The van der Waals surface area contributed by atoms with Crippen LogP contribution in [0.5, 0.6) is 5.75 Å². The van der Waals surface area contributed by atoms with Crippen LogP contribution in [0.25, 0.3) is 11.5 Å². The van der Waals surface area contributed by atoms with Crippen LogP contribution in [0, 0.1) is 0 Å². The molecule has 1 fully saturated rings. The molecule has 0 unspecified atom stereocenters. The summed E-state index contributed by atoms with van der Waals surface area (Å²) in [4.78, 5) is 13.6. The van der Waals surface area contributed by atoms with Crippen LogP contribution in [0.3, 0.4) is 0 Å². The number of ether oxygens (including phenoxy) is 1. The minimum Gasteiger partial charge on any atom is -0.497 e. The Hall–Kier alpha value is -2.46. The van der Waals surface area contributed by atoms with Gasteiger partial charge in [0.1, 0.15) is 11.9 Å². The van der Waals surface area contributed by atoms with Gasteiger partial charge in [-0.15, -0.1) is 10.2 Å². The van der Waals surface area contributed by atoms with Crippen molar-refractivity contribution in [3.05, 3.63) is 30.2 Å². The molecule has 1 amide bonds. The Labute approximate surface area is 138 Å². The maximum absolute atomic E-state index is 12.2. The monoisotopic (exact) mass is 353 g/mol. The van der Waals surface area contributed by atoms with Gasteiger partial charge in [-0.2, -0.15) is 8.42 Å². The zero-order chi connectivity index (χ0) is 17.3. The van der Waals surface area contributed by atoms with E-state index >= 15 is 0 Å². The summed E-state index contributed by atoms with van der Waals surface area (Å²) in [5.41, 5.74) is 0.657. The van der Waals surface area contributed by atoms with Crippen LogP contribution >= 0.6 is 0 Å². The first-order chi connectivity index (χ1) is 11.4. The van der Waals surface area contributed by atoms with Crippen LogP contribution in [0.2, 0.25) is 0 Å². The number of rotatable bonds is 5. The number of methoxy groups -OCH3 is 1. The summed E-state index contributed by atoms with van der Waals surface area (Å²) < 4.78 is 37.3. The number of nitrogens with zero attached hydrogens (tertiary/aromatic N) is 3. The van der Waals surface area contributed by atoms with Crippen molar-refractivity contribution in [3.63, 3.8) is 0 Å². The Morgan fingerprint density at radius 3 is 2.50 bits per heavy atom. The molecule has 0 N–H and O–H groups in total. The van der Waals surface area contributed by atoms with Crippen molar-refractivity contribution in [2.75, 3.05) is 26.5 Å². The van der Waals surface area contributed by atoms with Crippen molar-refractivity contribution in [1.29, 1.82) is 0 Å². The molecule has 1 aliphatic rings. The van der Waals surface area contributed by atoms with E-state index in [1.807, 2.05) is 0 Å². The van der Waals surface area contributed by atoms with Gasteiger partial charge in [-0.1, -0.05) is 0 Å². The van der Waals surface area contributed by atoms with E-state index in [1.165, 1.54) is 4.90 Å². The highest BCUT2D eigenvalue weighted by Crippen LogP contribution is 2.23. The Morgan fingerprint density at radius 2 is 1.92 bits per heavy atom. The fourth-order valence-corrected chi connectivity index (χ4v) is 2.82. The molecule has 0 spiro atoms. The molecule has 0 atom stereocenters. The first kappa shape index (κ1) is 16.4. The molecule has 2 heterocycles. The van der Waals surface area contributed by atoms with Gasteiger partial charge in [0.25, 0.3) is 10.1 Å². The van der Waals surface area contributed by atoms with Crippen molar-refractivity contribution in [3.8, 4) is 17.2 Å². The largest absolute Gasteiger partial charge is 0.497 e. The number of likely N-dealkylation sites (tertiary alicyclic amines) is 1. The summed E-state index contributed by atoms with van der Waals surface area (Å²) >= 11 is 0. The van der Waals surface area contributed by atoms with E-state index in [2.05, 4.69) is 10.2 Å². The van der Waals surface area contributed by atoms with Crippen LogP contribution in [0.15, 0.2) is 28.7 Å². The zero-order valence-corrected chi connectivity index (χ0v) is 13.8. The maximum Gasteiger partial charge on any atom is 0.311 e. The average molecular weight is 353 g/mol. The lowest BCUT2D eigenvalue weighted by Gasteiger charge is -2.36. The van der Waals surface area contributed by atoms with E-state index in [4.69, 9.17) is 13.3 Å². The average Bonchev–Trinajstić information content (AvgIpc) is 2.99. The Kier molecular flexibility index (Phi) is 4.24. The highest BCUT2D eigenvalue weighted by atomic mass is 32.2. The fourth-order valence-electron chi connectivity index (χ4n) is 2.21. The standard InChI is InChI=1S/C14H15N3O6S/c1-21-10-5-3-9(4-6-10)12-15-16-13(22-12)14(18)17-7-11(8-17)23-24(2,19)20/h3-6,11H,7-8H2,1-2H3. The smallest absolute Gasteiger partial charge is 0.311 e. The van der Waals surface area contributed by atoms with Crippen molar-refractivity contribution in [2.45, 2.75) is 6.10 Å². The molecular weight excluding hydrogens is 338 g/mol. The third-order valence-electron chi connectivity index (χ3n) is 3.39. The topological polar surface area (TPSA) is 112 Å². The van der Waals surface area contributed by atoms with Gasteiger partial charge in [0, 0.05) is 5.56 Å². The van der Waals surface area contributed by atoms with Gasteiger partial charge in [0.2, 0.25) is 5.89 Å². The number of benzene rings is 1. The molecule has 2 aromatic rings. The summed E-state index contributed by atoms with van der Waals surface area (Å²) in [6.45, 7) is 0.318. The summed E-state index contributed by atoms with van der Waals surface area (Å²) in [5.74, 6) is 0.284. The summed E-state index contributed by atoms with van der Waals surface area (Å²) in [6, 6.07) is 6.95. The van der Waals surface area contributed by atoms with Crippen molar-refractivity contribution < 1.29 is 26.5 Å². The van der Waals surface area contributed by atoms with E-state index in [9.17, 15) is 13.2 Å². The van der Waals surface area contributed by atoms with Gasteiger partial charge in [0.05, 0.1) is 26.5 Å². The van der Waals surface area contributed by atoms with Crippen LogP contribution in [-0.4, -0.2) is 62.0 Å². The third-order valence-corrected chi connectivity index (χ3v) is 4.01. The molecule has 0 radical (unpaired) electrons. The first-order valence-electron chi connectivity index (χ1n) is 7.01. The van der Waals surface area contributed by atoms with E-state index in [0.717, 1.165) is 6.26 Å². The van der Waals surface area contributed by atoms with Crippen LogP contribution in [0.4, 0.5) is 0 Å². The Morgan fingerprint density at radius 1 is 1.25 bits per heavy atom. The van der Waals surface area contributed by atoms with E-state index in [0.29, 0.717) is 11.3 Å². The van der Waals surface area contributed by atoms with Gasteiger partial charge in [0.15, 0.2) is 0 Å². The highest BCUT2D eigenvalue weighted by molar-refractivity contribution is 7.86. The molecule has 1 saturated heterocycles. The van der Waals surface area contributed by atoms with Gasteiger partial charge < -0.3 is 14.1 Å². The van der Waals surface area contributed by atoms with Crippen molar-refractivity contribution in [1.82, 2.24) is 15.1 Å². The van der Waals surface area contributed by atoms with E-state index in [1.54, 1.807) is 31.4 Å². The van der Waals surface area contributed by atoms with Crippen molar-refractivity contribution in [2.24, 2.45) is 0 Å². The second-order valence-corrected chi connectivity index (χ2v) is 6.87. The van der Waals surface area contributed by atoms with Gasteiger partial charge in [-0.25, -0.2) is 0 Å². The number of hydrogen-bond donors (Lipinski definition) is 0. The summed E-state index contributed by atoms with van der Waals surface area (Å²) in [6.07, 6.45) is 0.435. The lowest BCUT2D eigenvalue weighted by Crippen LogP contribution is -2.55. The highest BCUT2D eigenvalue weighted by Gasteiger charge is 2.36. The molecule has 9 nitrogen and oxygen atoms in total. The normalized spacial score (nSPS) is 15.2. The lowest BCUT2D eigenvalue weighted by atomic mass is 10.2. The number of aromatic nitrogens is 2. The van der Waals surface area contributed by atoms with Gasteiger partial charge >= 0.3 is 11.8 Å². The Balaban J connectivity index is 1.64. The van der Waals surface area contributed by atoms with Crippen molar-refractivity contribution >= 4 is 16.0 Å². The fraction of sp³-hybridized carbons (Fsp3) is 0.357. The van der Waals surface area contributed by atoms with E-state index in [-0.39, 0.29) is 24.9 Å². The second kappa shape index (κ2) is 6.21. The molecule has 0 bridgehead atoms. The molecule has 128 valence electrons. The molecular formula is C14H15N3O6S. The number of carbonyl (C=O) groups is 1. The van der Waals surface area contributed by atoms with Crippen LogP contribution < -0.4 is 4.74 Å². The molecule has 1 aromatic carbocycles. The molecule has 0 aliphatic carbocycles. The van der Waals surface area contributed by atoms with E-state index < -0.39 is 22.1 Å². The third kappa shape index (κ3) is 3.54. The van der Waals surface area contributed by atoms with Gasteiger partial charge in [-0.3, -0.25) is 8.98 Å². The molecule has 1 aromatic heterocycles. The zero-order valence-electron chi connectivity index (χ0n) is 13.0. The number of amides is 1. The van der Waals surface area contributed by atoms with Gasteiger partial charge in [-0.05, 0) is 24.3 Å². The Bertz CT molecular complexity index is 840. The SMILES string of the molecule is COc1ccc(-c2nnc(C(=O)N3CC(OS(C)(=O)=O)C3)o2)cc1. The second-order valence-electron chi connectivity index (χ2n) is 5.27. The number of hydrogen-bond acceptors (Lipinski definition) is 8.